The maximum Gasteiger partial charge on any atom is 0.269 e. The summed E-state index contributed by atoms with van der Waals surface area (Å²) in [6.07, 6.45) is 6.72. The van der Waals surface area contributed by atoms with E-state index in [1.165, 1.54) is 35.4 Å². The molecule has 4 nitrogen and oxygen atoms in total. The molecule has 31 heavy (non-hydrogen) atoms. The van der Waals surface area contributed by atoms with E-state index in [0.29, 0.717) is 6.54 Å². The number of para-hydroxylation sites is 1. The lowest BCUT2D eigenvalue weighted by atomic mass is 9.94. The van der Waals surface area contributed by atoms with Crippen LogP contribution in [0.5, 0.6) is 0 Å². The topological polar surface area (TPSA) is 35.9 Å². The average Bonchev–Trinajstić information content (AvgIpc) is 3.32. The summed E-state index contributed by atoms with van der Waals surface area (Å²) in [7, 11) is 2.06. The predicted molar refractivity (Wildman–Crippen MR) is 131 cm³/mol. The van der Waals surface area contributed by atoms with Crippen LogP contribution >= 0.6 is 23.5 Å². The number of rotatable bonds is 4. The number of hydrogen-bond donors (Lipinski definition) is 0. The number of amides is 1. The summed E-state index contributed by atoms with van der Waals surface area (Å²) >= 11 is 3.27. The SMILES string of the molecule is CN1C(=C2SC(=NCCc3ccccc3)N(C3CCCCC3)C2=O)Sc2ccccc21. The summed E-state index contributed by atoms with van der Waals surface area (Å²) in [6, 6.07) is 19.1. The minimum Gasteiger partial charge on any atom is -0.337 e. The molecule has 2 aliphatic heterocycles. The van der Waals surface area contributed by atoms with Crippen molar-refractivity contribution < 1.29 is 4.79 Å². The van der Waals surface area contributed by atoms with Crippen LogP contribution < -0.4 is 4.90 Å². The van der Waals surface area contributed by atoms with E-state index in [1.807, 2.05) is 11.0 Å². The Bertz CT molecular complexity index is 1030. The van der Waals surface area contributed by atoms with E-state index >= 15 is 0 Å². The first-order valence-corrected chi connectivity index (χ1v) is 12.7. The Morgan fingerprint density at radius 3 is 2.48 bits per heavy atom. The number of carbonyl (C=O) groups excluding carboxylic acids is 1. The molecule has 0 spiro atoms. The van der Waals surface area contributed by atoms with Crippen LogP contribution in [-0.2, 0) is 11.2 Å². The second-order valence-corrected chi connectivity index (χ2v) is 10.2. The van der Waals surface area contributed by atoms with Crippen molar-refractivity contribution >= 4 is 40.3 Å². The van der Waals surface area contributed by atoms with Crippen molar-refractivity contribution in [3.63, 3.8) is 0 Å². The largest absolute Gasteiger partial charge is 0.337 e. The second-order valence-electron chi connectivity index (χ2n) is 8.23. The van der Waals surface area contributed by atoms with Gasteiger partial charge in [0.2, 0.25) is 0 Å². The lowest BCUT2D eigenvalue weighted by molar-refractivity contribution is -0.124. The van der Waals surface area contributed by atoms with E-state index < -0.39 is 0 Å². The Kier molecular flexibility index (Phi) is 6.10. The summed E-state index contributed by atoms with van der Waals surface area (Å²) < 4.78 is 0. The Morgan fingerprint density at radius 1 is 0.968 bits per heavy atom. The molecule has 0 bridgehead atoms. The fraction of sp³-hybridized carbons (Fsp3) is 0.360. The molecule has 0 atom stereocenters. The smallest absolute Gasteiger partial charge is 0.269 e. The second kappa shape index (κ2) is 9.13. The van der Waals surface area contributed by atoms with Gasteiger partial charge in [0.25, 0.3) is 5.91 Å². The predicted octanol–water partition coefficient (Wildman–Crippen LogP) is 5.90. The molecule has 0 aromatic heterocycles. The Labute approximate surface area is 192 Å². The van der Waals surface area contributed by atoms with Gasteiger partial charge in [-0.25, -0.2) is 0 Å². The van der Waals surface area contributed by atoms with E-state index in [9.17, 15) is 4.79 Å². The first kappa shape index (κ1) is 20.7. The third kappa shape index (κ3) is 4.15. The molecule has 3 aliphatic rings. The Balaban J connectivity index is 1.43. The van der Waals surface area contributed by atoms with Gasteiger partial charge in [0.1, 0.15) is 4.91 Å². The molecule has 2 aromatic rings. The highest BCUT2D eigenvalue weighted by Crippen LogP contribution is 2.50. The molecular weight excluding hydrogens is 422 g/mol. The van der Waals surface area contributed by atoms with E-state index in [-0.39, 0.29) is 11.9 Å². The molecule has 2 fully saturated rings. The van der Waals surface area contributed by atoms with Crippen molar-refractivity contribution in [1.29, 1.82) is 0 Å². The van der Waals surface area contributed by atoms with Gasteiger partial charge in [-0.15, -0.1) is 0 Å². The highest BCUT2D eigenvalue weighted by atomic mass is 32.2. The van der Waals surface area contributed by atoms with Gasteiger partial charge in [-0.1, -0.05) is 73.5 Å². The van der Waals surface area contributed by atoms with Gasteiger partial charge >= 0.3 is 0 Å². The van der Waals surface area contributed by atoms with Crippen molar-refractivity contribution in [2.24, 2.45) is 4.99 Å². The standard InChI is InChI=1S/C25H27N3OS2/c1-27-20-14-8-9-15-21(20)30-24(27)22-23(29)28(19-12-6-3-7-13-19)25(31-22)26-17-16-18-10-4-2-5-11-18/h2,4-5,8-11,14-15,19H,3,6-7,12-13,16-17H2,1H3. The van der Waals surface area contributed by atoms with Crippen molar-refractivity contribution in [2.75, 3.05) is 18.5 Å². The molecule has 6 heteroatoms. The third-order valence-electron chi connectivity index (χ3n) is 6.17. The van der Waals surface area contributed by atoms with Gasteiger partial charge in [0, 0.05) is 24.5 Å². The first-order valence-electron chi connectivity index (χ1n) is 11.1. The van der Waals surface area contributed by atoms with Crippen LogP contribution in [0.2, 0.25) is 0 Å². The summed E-state index contributed by atoms with van der Waals surface area (Å²) in [6.45, 7) is 0.703. The molecule has 0 unspecified atom stereocenters. The van der Waals surface area contributed by atoms with Crippen molar-refractivity contribution in [1.82, 2.24) is 4.90 Å². The van der Waals surface area contributed by atoms with Gasteiger partial charge in [-0.2, -0.15) is 0 Å². The van der Waals surface area contributed by atoms with Crippen LogP contribution in [0.15, 0.2) is 74.4 Å². The molecule has 2 aromatic carbocycles. The zero-order valence-corrected chi connectivity index (χ0v) is 19.4. The molecule has 160 valence electrons. The number of anilines is 1. The van der Waals surface area contributed by atoms with Gasteiger partial charge in [-0.05, 0) is 48.7 Å². The molecule has 0 N–H and O–H groups in total. The van der Waals surface area contributed by atoms with Crippen LogP contribution in [0.1, 0.15) is 37.7 Å². The minimum atomic E-state index is 0.137. The molecule has 2 heterocycles. The Hall–Kier alpha value is -2.18. The molecule has 1 saturated heterocycles. The van der Waals surface area contributed by atoms with Crippen LogP contribution in [0.4, 0.5) is 5.69 Å². The minimum absolute atomic E-state index is 0.137. The number of hydrogen-bond acceptors (Lipinski definition) is 5. The summed E-state index contributed by atoms with van der Waals surface area (Å²) in [5.74, 6) is 0.137. The first-order chi connectivity index (χ1) is 15.2. The van der Waals surface area contributed by atoms with Crippen molar-refractivity contribution in [3.8, 4) is 0 Å². The molecule has 1 aliphatic carbocycles. The van der Waals surface area contributed by atoms with Gasteiger partial charge in [0.05, 0.1) is 10.7 Å². The van der Waals surface area contributed by atoms with Crippen molar-refractivity contribution in [2.45, 2.75) is 49.5 Å². The van der Waals surface area contributed by atoms with Crippen LogP contribution in [0, 0.1) is 0 Å². The van der Waals surface area contributed by atoms with E-state index in [4.69, 9.17) is 4.99 Å². The molecule has 1 amide bonds. The number of benzene rings is 2. The number of thioether (sulfide) groups is 2. The normalized spacial score (nSPS) is 23.1. The number of fused-ring (bicyclic) bond motifs is 1. The average molecular weight is 450 g/mol. The van der Waals surface area contributed by atoms with Gasteiger partial charge in [0.15, 0.2) is 5.17 Å². The highest BCUT2D eigenvalue weighted by molar-refractivity contribution is 8.19. The zero-order chi connectivity index (χ0) is 21.2. The van der Waals surface area contributed by atoms with Crippen LogP contribution in [0.3, 0.4) is 0 Å². The zero-order valence-electron chi connectivity index (χ0n) is 17.8. The number of aliphatic imine (C=N–C) groups is 1. The number of nitrogens with zero attached hydrogens (tertiary/aromatic N) is 3. The quantitative estimate of drug-likeness (QED) is 0.544. The number of amidine groups is 1. The molecule has 1 saturated carbocycles. The molecule has 0 radical (unpaired) electrons. The van der Waals surface area contributed by atoms with Crippen LogP contribution in [-0.4, -0.2) is 35.6 Å². The van der Waals surface area contributed by atoms with Crippen LogP contribution in [0.25, 0.3) is 0 Å². The van der Waals surface area contributed by atoms with E-state index in [1.54, 1.807) is 23.5 Å². The maximum atomic E-state index is 13.7. The summed E-state index contributed by atoms with van der Waals surface area (Å²) in [5, 5.41) is 1.92. The van der Waals surface area contributed by atoms with Crippen molar-refractivity contribution in [3.05, 3.63) is 70.1 Å². The fourth-order valence-electron chi connectivity index (χ4n) is 4.51. The summed E-state index contributed by atoms with van der Waals surface area (Å²) in [5.41, 5.74) is 2.45. The Morgan fingerprint density at radius 2 is 1.71 bits per heavy atom. The summed E-state index contributed by atoms with van der Waals surface area (Å²) in [4.78, 5) is 24.8. The van der Waals surface area contributed by atoms with E-state index in [0.717, 1.165) is 34.4 Å². The van der Waals surface area contributed by atoms with E-state index in [2.05, 4.69) is 60.5 Å². The molecule has 5 rings (SSSR count). The number of carbonyl (C=O) groups is 1. The monoisotopic (exact) mass is 449 g/mol. The van der Waals surface area contributed by atoms with Gasteiger partial charge in [-0.3, -0.25) is 14.7 Å². The lowest BCUT2D eigenvalue weighted by Crippen LogP contribution is -2.40. The fourth-order valence-corrected chi connectivity index (χ4v) is 6.92. The van der Waals surface area contributed by atoms with Gasteiger partial charge < -0.3 is 4.90 Å². The third-order valence-corrected chi connectivity index (χ3v) is 8.62. The highest BCUT2D eigenvalue weighted by Gasteiger charge is 2.42. The lowest BCUT2D eigenvalue weighted by Gasteiger charge is -2.30. The molecular formula is C25H27N3OS2. The maximum absolute atomic E-state index is 13.7.